The number of rotatable bonds is 6. The Morgan fingerprint density at radius 2 is 2.04 bits per heavy atom. The van der Waals surface area contributed by atoms with Crippen LogP contribution in [0.2, 0.25) is 0 Å². The molecule has 0 bridgehead atoms. The van der Waals surface area contributed by atoms with Gasteiger partial charge in [0, 0.05) is 12.6 Å². The van der Waals surface area contributed by atoms with E-state index >= 15 is 0 Å². The molecule has 23 heavy (non-hydrogen) atoms. The van der Waals surface area contributed by atoms with Gasteiger partial charge in [-0.15, -0.1) is 0 Å². The molecule has 3 rings (SSSR count). The number of aromatic nitrogens is 1. The van der Waals surface area contributed by atoms with Gasteiger partial charge in [0.15, 0.2) is 0 Å². The van der Waals surface area contributed by atoms with Gasteiger partial charge in [0.2, 0.25) is 0 Å². The number of hydrogen-bond acceptors (Lipinski definition) is 3. The fourth-order valence-corrected chi connectivity index (χ4v) is 2.18. The molecule has 6 heteroatoms. The summed E-state index contributed by atoms with van der Waals surface area (Å²) in [5.41, 5.74) is 1.32. The lowest BCUT2D eigenvalue weighted by atomic mass is 10.1. The summed E-state index contributed by atoms with van der Waals surface area (Å²) in [5, 5.41) is 8.72. The molecule has 1 fully saturated rings. The third-order valence-corrected chi connectivity index (χ3v) is 3.59. The third kappa shape index (κ3) is 4.67. The predicted molar refractivity (Wildman–Crippen MR) is 88.0 cm³/mol. The molecule has 120 valence electrons. The van der Waals surface area contributed by atoms with Crippen LogP contribution in [0.15, 0.2) is 42.6 Å². The van der Waals surface area contributed by atoms with Crippen molar-refractivity contribution in [3.05, 3.63) is 54.0 Å². The Bertz CT molecular complexity index is 671. The monoisotopic (exact) mass is 314 g/mol. The minimum atomic E-state index is -0.199. The molecule has 0 unspecified atom stereocenters. The number of carbonyl (C=O) groups excluding carboxylic acids is 1. The van der Waals surface area contributed by atoms with Gasteiger partial charge >= 0.3 is 6.03 Å². The van der Waals surface area contributed by atoms with Crippen LogP contribution in [0.1, 0.15) is 18.4 Å². The number of nitrogens with one attached hydrogen (secondary N) is 3. The van der Waals surface area contributed by atoms with Crippen LogP contribution in [-0.4, -0.2) is 23.6 Å². The first-order chi connectivity index (χ1) is 11.2. The van der Waals surface area contributed by atoms with Crippen molar-refractivity contribution < 1.29 is 9.18 Å². The second-order valence-electron chi connectivity index (χ2n) is 5.57. The van der Waals surface area contributed by atoms with Gasteiger partial charge in [-0.3, -0.25) is 0 Å². The van der Waals surface area contributed by atoms with Crippen molar-refractivity contribution in [1.82, 2.24) is 10.3 Å². The molecule has 1 aliphatic rings. The van der Waals surface area contributed by atoms with E-state index in [1.807, 2.05) is 6.07 Å². The number of halogens is 1. The van der Waals surface area contributed by atoms with Crippen LogP contribution < -0.4 is 16.0 Å². The minimum absolute atomic E-state index is 0.191. The van der Waals surface area contributed by atoms with E-state index in [0.717, 1.165) is 12.8 Å². The lowest BCUT2D eigenvalue weighted by Crippen LogP contribution is -2.30. The number of carbonyl (C=O) groups is 1. The standard InChI is InChI=1S/C17H19FN4O/c18-15-4-2-1-3-12(15)9-10-19-16-8-7-14(11-20-16)22-17(23)21-13-5-6-13/h1-4,7-8,11,13H,5-6,9-10H2,(H,19,20)(H2,21,22,23). The van der Waals surface area contributed by atoms with Gasteiger partial charge in [0.1, 0.15) is 11.6 Å². The van der Waals surface area contributed by atoms with Crippen molar-refractivity contribution in [2.24, 2.45) is 0 Å². The van der Waals surface area contributed by atoms with Gasteiger partial charge in [0.05, 0.1) is 11.9 Å². The lowest BCUT2D eigenvalue weighted by molar-refractivity contribution is 0.251. The molecule has 0 saturated heterocycles. The highest BCUT2D eigenvalue weighted by molar-refractivity contribution is 5.89. The molecule has 0 radical (unpaired) electrons. The van der Waals surface area contributed by atoms with E-state index in [1.165, 1.54) is 6.07 Å². The Hall–Kier alpha value is -2.63. The Kier molecular flexibility index (Phi) is 4.71. The van der Waals surface area contributed by atoms with Crippen molar-refractivity contribution in [3.8, 4) is 0 Å². The van der Waals surface area contributed by atoms with Gasteiger partial charge in [0.25, 0.3) is 0 Å². The van der Waals surface area contributed by atoms with Gasteiger partial charge in [-0.2, -0.15) is 0 Å². The van der Waals surface area contributed by atoms with Crippen LogP contribution in [0, 0.1) is 5.82 Å². The summed E-state index contributed by atoms with van der Waals surface area (Å²) in [5.74, 6) is 0.498. The van der Waals surface area contributed by atoms with E-state index in [2.05, 4.69) is 20.9 Å². The molecule has 1 aromatic carbocycles. The first-order valence-corrected chi connectivity index (χ1v) is 7.71. The van der Waals surface area contributed by atoms with Gasteiger partial charge in [-0.25, -0.2) is 14.2 Å². The fraction of sp³-hybridized carbons (Fsp3) is 0.294. The maximum Gasteiger partial charge on any atom is 0.319 e. The minimum Gasteiger partial charge on any atom is -0.370 e. The van der Waals surface area contributed by atoms with Crippen molar-refractivity contribution in [1.29, 1.82) is 0 Å². The molecule has 1 aromatic heterocycles. The molecule has 2 aromatic rings. The molecule has 1 saturated carbocycles. The van der Waals surface area contributed by atoms with E-state index in [9.17, 15) is 9.18 Å². The summed E-state index contributed by atoms with van der Waals surface area (Å²) in [7, 11) is 0. The van der Waals surface area contributed by atoms with E-state index < -0.39 is 0 Å². The largest absolute Gasteiger partial charge is 0.370 e. The highest BCUT2D eigenvalue weighted by Gasteiger charge is 2.23. The van der Waals surface area contributed by atoms with Crippen LogP contribution in [0.25, 0.3) is 0 Å². The summed E-state index contributed by atoms with van der Waals surface area (Å²) >= 11 is 0. The van der Waals surface area contributed by atoms with Crippen LogP contribution in [-0.2, 0) is 6.42 Å². The maximum atomic E-state index is 13.5. The van der Waals surface area contributed by atoms with E-state index in [0.29, 0.717) is 36.1 Å². The molecule has 5 nitrogen and oxygen atoms in total. The molecule has 0 atom stereocenters. The van der Waals surface area contributed by atoms with Crippen molar-refractivity contribution in [2.45, 2.75) is 25.3 Å². The van der Waals surface area contributed by atoms with Crippen LogP contribution in [0.5, 0.6) is 0 Å². The summed E-state index contributed by atoms with van der Waals surface area (Å²) in [6.07, 6.45) is 4.28. The van der Waals surface area contributed by atoms with Crippen molar-refractivity contribution in [3.63, 3.8) is 0 Å². The SMILES string of the molecule is O=C(Nc1ccc(NCCc2ccccc2F)nc1)NC1CC1. The Labute approximate surface area is 134 Å². The number of amides is 2. The van der Waals surface area contributed by atoms with Crippen LogP contribution >= 0.6 is 0 Å². The van der Waals surface area contributed by atoms with E-state index in [4.69, 9.17) is 0 Å². The summed E-state index contributed by atoms with van der Waals surface area (Å²) < 4.78 is 13.5. The zero-order valence-corrected chi connectivity index (χ0v) is 12.7. The third-order valence-electron chi connectivity index (χ3n) is 3.59. The number of urea groups is 1. The van der Waals surface area contributed by atoms with Crippen molar-refractivity contribution in [2.75, 3.05) is 17.2 Å². The van der Waals surface area contributed by atoms with Crippen LogP contribution in [0.3, 0.4) is 0 Å². The highest BCUT2D eigenvalue weighted by atomic mass is 19.1. The van der Waals surface area contributed by atoms with Gasteiger partial charge in [-0.1, -0.05) is 18.2 Å². The van der Waals surface area contributed by atoms with Gasteiger partial charge < -0.3 is 16.0 Å². The number of anilines is 2. The average Bonchev–Trinajstić information content (AvgIpc) is 3.35. The molecule has 0 spiro atoms. The molecular formula is C17H19FN4O. The quantitative estimate of drug-likeness (QED) is 0.767. The molecule has 1 aliphatic carbocycles. The highest BCUT2D eigenvalue weighted by Crippen LogP contribution is 2.19. The zero-order chi connectivity index (χ0) is 16.1. The first kappa shape index (κ1) is 15.3. The Balaban J connectivity index is 1.45. The smallest absolute Gasteiger partial charge is 0.319 e. The molecule has 1 heterocycles. The topological polar surface area (TPSA) is 66.0 Å². The van der Waals surface area contributed by atoms with Gasteiger partial charge in [-0.05, 0) is 43.0 Å². The number of benzene rings is 1. The Morgan fingerprint density at radius 1 is 1.22 bits per heavy atom. The number of pyridine rings is 1. The Morgan fingerprint density at radius 3 is 2.74 bits per heavy atom. The lowest BCUT2D eigenvalue weighted by Gasteiger charge is -2.09. The molecular weight excluding hydrogens is 295 g/mol. The van der Waals surface area contributed by atoms with Crippen LogP contribution in [0.4, 0.5) is 20.7 Å². The first-order valence-electron chi connectivity index (χ1n) is 7.71. The predicted octanol–water partition coefficient (Wildman–Crippen LogP) is 3.16. The second kappa shape index (κ2) is 7.09. The van der Waals surface area contributed by atoms with E-state index in [-0.39, 0.29) is 11.8 Å². The summed E-state index contributed by atoms with van der Waals surface area (Å²) in [6.45, 7) is 0.586. The average molecular weight is 314 g/mol. The molecule has 2 amide bonds. The number of nitrogens with zero attached hydrogens (tertiary/aromatic N) is 1. The number of hydrogen-bond donors (Lipinski definition) is 3. The summed E-state index contributed by atoms with van der Waals surface area (Å²) in [6, 6.07) is 10.4. The normalized spacial score (nSPS) is 13.4. The van der Waals surface area contributed by atoms with Crippen molar-refractivity contribution >= 4 is 17.5 Å². The molecule has 0 aliphatic heterocycles. The fourth-order valence-electron chi connectivity index (χ4n) is 2.18. The maximum absolute atomic E-state index is 13.5. The molecule has 3 N–H and O–H groups in total. The zero-order valence-electron chi connectivity index (χ0n) is 12.7. The second-order valence-corrected chi connectivity index (χ2v) is 5.57. The van der Waals surface area contributed by atoms with E-state index in [1.54, 1.807) is 30.5 Å². The summed E-state index contributed by atoms with van der Waals surface area (Å²) in [4.78, 5) is 15.8.